The van der Waals surface area contributed by atoms with Crippen molar-refractivity contribution in [1.82, 2.24) is 29.1 Å². The average molecular weight is 671 g/mol. The monoisotopic (exact) mass is 670 g/mol. The van der Waals surface area contributed by atoms with Crippen LogP contribution in [0.5, 0.6) is 5.88 Å². The van der Waals surface area contributed by atoms with Crippen molar-refractivity contribution in [2.24, 2.45) is 7.05 Å². The summed E-state index contributed by atoms with van der Waals surface area (Å²) < 4.78 is 56.7. The highest BCUT2D eigenvalue weighted by Crippen LogP contribution is 2.39. The molecule has 0 radical (unpaired) electrons. The van der Waals surface area contributed by atoms with Gasteiger partial charge in [0.25, 0.3) is 0 Å². The Morgan fingerprint density at radius 2 is 1.53 bits per heavy atom. The SMILES string of the molecule is COC(=O)c1cnc(N2CCN(c3ccc(-n4c(=O)n(C)c5cnc6ccc(-c7ccc(OC)nc7)cc6c54)cc3C(F)(F)F)CC2)nc1. The number of carbonyl (C=O) groups is 1. The van der Waals surface area contributed by atoms with Gasteiger partial charge in [0.1, 0.15) is 0 Å². The average Bonchev–Trinajstić information content (AvgIpc) is 3.39. The molecule has 0 amide bonds. The Morgan fingerprint density at radius 3 is 2.18 bits per heavy atom. The molecule has 0 aliphatic carbocycles. The van der Waals surface area contributed by atoms with Gasteiger partial charge in [0, 0.05) is 74.5 Å². The highest BCUT2D eigenvalue weighted by atomic mass is 19.4. The number of aromatic nitrogens is 6. The van der Waals surface area contributed by atoms with E-state index < -0.39 is 23.4 Å². The van der Waals surface area contributed by atoms with Crippen LogP contribution >= 0.6 is 0 Å². The summed E-state index contributed by atoms with van der Waals surface area (Å²) in [4.78, 5) is 46.2. The standard InChI is InChI=1S/C34H29F3N8O4/c1-42-28-19-38-26-7-4-20(21-5-9-29(48-2)39-16-21)14-24(26)30(28)45(33(42)47)23-6-8-27(25(15-23)34(35,36)37)43-10-12-44(13-11-43)32-40-17-22(18-41-32)31(46)49-3/h4-9,14-19H,10-13H2,1-3H3. The van der Waals surface area contributed by atoms with Gasteiger partial charge in [-0.2, -0.15) is 13.2 Å². The van der Waals surface area contributed by atoms with Gasteiger partial charge in [-0.25, -0.2) is 24.5 Å². The number of benzene rings is 2. The molecule has 1 aliphatic rings. The van der Waals surface area contributed by atoms with Crippen LogP contribution in [0.1, 0.15) is 15.9 Å². The molecule has 2 aromatic carbocycles. The number of nitrogens with zero attached hydrogens (tertiary/aromatic N) is 8. The highest BCUT2D eigenvalue weighted by molar-refractivity contribution is 6.04. The normalized spacial score (nSPS) is 13.7. The largest absolute Gasteiger partial charge is 0.481 e. The number of hydrogen-bond acceptors (Lipinski definition) is 10. The number of aryl methyl sites for hydroxylation is 1. The summed E-state index contributed by atoms with van der Waals surface area (Å²) in [7, 11) is 4.35. The molecule has 7 rings (SSSR count). The lowest BCUT2D eigenvalue weighted by molar-refractivity contribution is -0.137. The van der Waals surface area contributed by atoms with Gasteiger partial charge >= 0.3 is 17.8 Å². The number of carbonyl (C=O) groups excluding carboxylic acids is 1. The third-order valence-corrected chi connectivity index (χ3v) is 8.67. The minimum absolute atomic E-state index is 0.00644. The molecule has 0 unspecified atom stereocenters. The van der Waals surface area contributed by atoms with Crippen LogP contribution < -0.4 is 20.2 Å². The molecule has 0 atom stereocenters. The van der Waals surface area contributed by atoms with Crippen LogP contribution in [0, 0.1) is 0 Å². The molecule has 250 valence electrons. The van der Waals surface area contributed by atoms with Crippen molar-refractivity contribution >= 4 is 39.5 Å². The molecule has 4 aromatic heterocycles. The lowest BCUT2D eigenvalue weighted by Crippen LogP contribution is -2.47. The first-order valence-electron chi connectivity index (χ1n) is 15.2. The first kappa shape index (κ1) is 31.6. The summed E-state index contributed by atoms with van der Waals surface area (Å²) in [5.41, 5.74) is 1.98. The molecule has 49 heavy (non-hydrogen) atoms. The van der Waals surface area contributed by atoms with Crippen molar-refractivity contribution in [2.75, 3.05) is 50.2 Å². The van der Waals surface area contributed by atoms with Crippen LogP contribution in [0.15, 0.2) is 78.1 Å². The maximum Gasteiger partial charge on any atom is 0.418 e. The fourth-order valence-corrected chi connectivity index (χ4v) is 6.11. The second-order valence-corrected chi connectivity index (χ2v) is 11.4. The van der Waals surface area contributed by atoms with Gasteiger partial charge in [-0.1, -0.05) is 6.07 Å². The smallest absolute Gasteiger partial charge is 0.418 e. The summed E-state index contributed by atoms with van der Waals surface area (Å²) in [5, 5.41) is 0.596. The van der Waals surface area contributed by atoms with E-state index >= 15 is 0 Å². The molecule has 5 heterocycles. The Kier molecular flexibility index (Phi) is 7.89. The van der Waals surface area contributed by atoms with Gasteiger partial charge in [0.2, 0.25) is 11.8 Å². The number of anilines is 2. The number of ether oxygens (including phenoxy) is 2. The van der Waals surface area contributed by atoms with Gasteiger partial charge in [-0.05, 0) is 42.0 Å². The van der Waals surface area contributed by atoms with Crippen molar-refractivity contribution in [2.45, 2.75) is 6.18 Å². The third kappa shape index (κ3) is 5.66. The molecule has 0 bridgehead atoms. The van der Waals surface area contributed by atoms with E-state index in [0.717, 1.165) is 17.2 Å². The number of alkyl halides is 3. The molecule has 0 N–H and O–H groups in total. The van der Waals surface area contributed by atoms with Crippen molar-refractivity contribution in [1.29, 1.82) is 0 Å². The maximum atomic E-state index is 14.7. The lowest BCUT2D eigenvalue weighted by Gasteiger charge is -2.37. The van der Waals surface area contributed by atoms with E-state index in [1.54, 1.807) is 36.5 Å². The topological polar surface area (TPSA) is 120 Å². The van der Waals surface area contributed by atoms with Gasteiger partial charge in [-0.3, -0.25) is 14.1 Å². The van der Waals surface area contributed by atoms with Crippen LogP contribution in [-0.4, -0.2) is 75.4 Å². The van der Waals surface area contributed by atoms with E-state index in [2.05, 4.69) is 24.7 Å². The molecule has 15 heteroatoms. The fourth-order valence-electron chi connectivity index (χ4n) is 6.11. The molecule has 0 spiro atoms. The van der Waals surface area contributed by atoms with Crippen LogP contribution in [-0.2, 0) is 18.0 Å². The molecule has 1 aliphatic heterocycles. The Labute approximate surface area is 277 Å². The first-order valence-corrected chi connectivity index (χ1v) is 15.2. The Balaban J connectivity index is 1.26. The molecule has 0 saturated carbocycles. The second kappa shape index (κ2) is 12.2. The van der Waals surface area contributed by atoms with Gasteiger partial charge in [0.15, 0.2) is 0 Å². The molecule has 12 nitrogen and oxygen atoms in total. The summed E-state index contributed by atoms with van der Waals surface area (Å²) >= 11 is 0. The Bertz CT molecular complexity index is 2260. The van der Waals surface area contributed by atoms with Crippen molar-refractivity contribution in [3.05, 3.63) is 94.9 Å². The Morgan fingerprint density at radius 1 is 0.816 bits per heavy atom. The number of pyridine rings is 2. The molecular formula is C34H29F3N8O4. The minimum atomic E-state index is -4.71. The van der Waals surface area contributed by atoms with Crippen LogP contribution in [0.4, 0.5) is 24.8 Å². The summed E-state index contributed by atoms with van der Waals surface area (Å²) in [5.74, 6) is 0.255. The zero-order valence-corrected chi connectivity index (χ0v) is 26.6. The number of rotatable bonds is 6. The summed E-state index contributed by atoms with van der Waals surface area (Å²) in [6.07, 6.45) is 1.21. The van der Waals surface area contributed by atoms with Gasteiger partial charge in [0.05, 0.1) is 53.8 Å². The zero-order valence-electron chi connectivity index (χ0n) is 26.6. The van der Waals surface area contributed by atoms with E-state index in [1.165, 1.54) is 47.9 Å². The van der Waals surface area contributed by atoms with Crippen LogP contribution in [0.2, 0.25) is 0 Å². The summed E-state index contributed by atoms with van der Waals surface area (Å²) in [6.45, 7) is 1.23. The molecule has 6 aromatic rings. The van der Waals surface area contributed by atoms with E-state index in [9.17, 15) is 22.8 Å². The quantitative estimate of drug-likeness (QED) is 0.227. The zero-order chi connectivity index (χ0) is 34.4. The third-order valence-electron chi connectivity index (χ3n) is 8.67. The highest BCUT2D eigenvalue weighted by Gasteiger charge is 2.36. The number of esters is 1. The minimum Gasteiger partial charge on any atom is -0.481 e. The fraction of sp³-hybridized carbons (Fsp3) is 0.235. The lowest BCUT2D eigenvalue weighted by atomic mass is 10.0. The number of imidazole rings is 1. The van der Waals surface area contributed by atoms with Gasteiger partial charge in [-0.15, -0.1) is 0 Å². The molecular weight excluding hydrogens is 641 g/mol. The van der Waals surface area contributed by atoms with E-state index in [0.29, 0.717) is 46.9 Å². The molecule has 1 saturated heterocycles. The van der Waals surface area contributed by atoms with E-state index in [-0.39, 0.29) is 30.0 Å². The van der Waals surface area contributed by atoms with Crippen molar-refractivity contribution in [3.63, 3.8) is 0 Å². The van der Waals surface area contributed by atoms with Crippen molar-refractivity contribution < 1.29 is 27.4 Å². The number of fused-ring (bicyclic) bond motifs is 3. The Hall–Kier alpha value is -5.99. The number of methoxy groups -OCH3 is 2. The van der Waals surface area contributed by atoms with Gasteiger partial charge < -0.3 is 19.3 Å². The number of halogens is 3. The van der Waals surface area contributed by atoms with E-state index in [4.69, 9.17) is 4.74 Å². The summed E-state index contributed by atoms with van der Waals surface area (Å²) in [6, 6.07) is 13.1. The predicted octanol–water partition coefficient (Wildman–Crippen LogP) is 4.87. The number of piperazine rings is 1. The van der Waals surface area contributed by atoms with Crippen molar-refractivity contribution in [3.8, 4) is 22.7 Å². The van der Waals surface area contributed by atoms with Crippen LogP contribution in [0.3, 0.4) is 0 Å². The predicted molar refractivity (Wildman–Crippen MR) is 176 cm³/mol. The maximum absolute atomic E-state index is 14.7. The number of hydrogen-bond donors (Lipinski definition) is 0. The molecule has 1 fully saturated rings. The first-order chi connectivity index (χ1) is 23.6. The van der Waals surface area contributed by atoms with Crippen LogP contribution in [0.25, 0.3) is 38.8 Å². The van der Waals surface area contributed by atoms with E-state index in [1.807, 2.05) is 23.1 Å². The second-order valence-electron chi connectivity index (χ2n) is 11.4.